The first kappa shape index (κ1) is 9.97. The van der Waals surface area contributed by atoms with E-state index in [9.17, 15) is 4.79 Å². The van der Waals surface area contributed by atoms with Crippen molar-refractivity contribution in [3.8, 4) is 0 Å². The average molecular weight is 176 g/mol. The fourth-order valence-electron chi connectivity index (χ4n) is 1.62. The van der Waals surface area contributed by atoms with Crippen molar-refractivity contribution < 1.29 is 4.79 Å². The average Bonchev–Trinajstić information content (AvgIpc) is 2.10. The number of carbonyl (C=O) groups is 1. The van der Waals surface area contributed by atoms with Gasteiger partial charge in [0.15, 0.2) is 5.78 Å². The van der Waals surface area contributed by atoms with Gasteiger partial charge in [-0.25, -0.2) is 0 Å². The molecule has 0 saturated carbocycles. The van der Waals surface area contributed by atoms with Gasteiger partial charge < -0.3 is 0 Å². The lowest BCUT2D eigenvalue weighted by Crippen LogP contribution is -2.09. The Labute approximate surface area is 79.8 Å². The van der Waals surface area contributed by atoms with Gasteiger partial charge in [-0.05, 0) is 31.8 Å². The van der Waals surface area contributed by atoms with Gasteiger partial charge in [0.25, 0.3) is 0 Å². The summed E-state index contributed by atoms with van der Waals surface area (Å²) in [7, 11) is 0. The Morgan fingerprint density at radius 1 is 1.46 bits per heavy atom. The third-order valence-corrected chi connectivity index (χ3v) is 2.40. The Balaban J connectivity index is 2.68. The van der Waals surface area contributed by atoms with Crippen molar-refractivity contribution in [2.45, 2.75) is 32.6 Å². The molecule has 0 N–H and O–H groups in total. The van der Waals surface area contributed by atoms with Crippen LogP contribution in [0.3, 0.4) is 0 Å². The number of carbonyl (C=O) groups excluding carboxylic acids is 1. The van der Waals surface area contributed by atoms with E-state index in [-0.39, 0.29) is 0 Å². The van der Waals surface area contributed by atoms with Crippen LogP contribution in [0.1, 0.15) is 32.6 Å². The Kier molecular flexibility index (Phi) is 3.69. The quantitative estimate of drug-likeness (QED) is 0.603. The summed E-state index contributed by atoms with van der Waals surface area (Å²) >= 11 is 0. The zero-order chi connectivity index (χ0) is 9.68. The van der Waals surface area contributed by atoms with Gasteiger partial charge in [0.1, 0.15) is 0 Å². The number of Topliss-reactive ketones (excluding diaryl/α,β-unsaturated/α-hetero) is 1. The lowest BCUT2D eigenvalue weighted by Gasteiger charge is -2.14. The zero-order valence-electron chi connectivity index (χ0n) is 8.18. The molecule has 0 spiro atoms. The molecule has 0 radical (unpaired) electrons. The van der Waals surface area contributed by atoms with Crippen LogP contribution in [0.15, 0.2) is 36.0 Å². The molecule has 1 aliphatic carbocycles. The van der Waals surface area contributed by atoms with E-state index in [2.05, 4.69) is 13.5 Å². The summed E-state index contributed by atoms with van der Waals surface area (Å²) in [6.45, 7) is 5.66. The predicted octanol–water partition coefficient (Wildman–Crippen LogP) is 3.19. The lowest BCUT2D eigenvalue weighted by atomic mass is 9.90. The van der Waals surface area contributed by atoms with Crippen LogP contribution in [0.2, 0.25) is 0 Å². The second kappa shape index (κ2) is 4.80. The van der Waals surface area contributed by atoms with Gasteiger partial charge in [0.05, 0.1) is 0 Å². The fraction of sp³-hybridized carbons (Fsp3) is 0.417. The van der Waals surface area contributed by atoms with Crippen LogP contribution in [0.4, 0.5) is 0 Å². The predicted molar refractivity (Wildman–Crippen MR) is 55.5 cm³/mol. The number of hydrogen-bond donors (Lipinski definition) is 0. The summed E-state index contributed by atoms with van der Waals surface area (Å²) in [5, 5.41) is 0. The maximum absolute atomic E-state index is 11.5. The largest absolute Gasteiger partial charge is 0.295 e. The minimum atomic E-state index is 0.331. The molecule has 0 aliphatic heterocycles. The molecule has 0 unspecified atom stereocenters. The Bertz CT molecular complexity index is 269. The number of hydrogen-bond acceptors (Lipinski definition) is 1. The molecule has 0 aromatic carbocycles. The molecule has 0 bridgehead atoms. The van der Waals surface area contributed by atoms with E-state index < -0.39 is 0 Å². The topological polar surface area (TPSA) is 17.1 Å². The molecular weight excluding hydrogens is 160 g/mol. The number of ketones is 1. The molecule has 1 nitrogen and oxygen atoms in total. The third kappa shape index (κ3) is 2.69. The van der Waals surface area contributed by atoms with Crippen LogP contribution in [-0.4, -0.2) is 5.78 Å². The van der Waals surface area contributed by atoms with Crippen LogP contribution in [0, 0.1) is 0 Å². The minimum Gasteiger partial charge on any atom is -0.295 e. The Morgan fingerprint density at radius 3 is 2.85 bits per heavy atom. The summed E-state index contributed by atoms with van der Waals surface area (Å²) in [5.41, 5.74) is 2.29. The molecule has 0 aromatic heterocycles. The molecule has 0 saturated heterocycles. The van der Waals surface area contributed by atoms with E-state index >= 15 is 0 Å². The first-order valence-corrected chi connectivity index (χ1v) is 4.75. The van der Waals surface area contributed by atoms with E-state index in [1.807, 2.05) is 12.2 Å². The van der Waals surface area contributed by atoms with Crippen molar-refractivity contribution in [2.75, 3.05) is 0 Å². The molecular formula is C12H16O. The molecule has 1 rings (SSSR count). The van der Waals surface area contributed by atoms with Crippen LogP contribution in [0.5, 0.6) is 0 Å². The summed E-state index contributed by atoms with van der Waals surface area (Å²) in [6.07, 6.45) is 9.24. The molecule has 70 valence electrons. The zero-order valence-corrected chi connectivity index (χ0v) is 8.18. The van der Waals surface area contributed by atoms with E-state index in [1.165, 1.54) is 5.57 Å². The SMILES string of the molecule is C=C/C=C/CC1=C(C)CCCC1=O. The molecule has 1 aliphatic rings. The fourth-order valence-corrected chi connectivity index (χ4v) is 1.62. The highest BCUT2D eigenvalue weighted by molar-refractivity contribution is 5.97. The highest BCUT2D eigenvalue weighted by Crippen LogP contribution is 2.23. The van der Waals surface area contributed by atoms with Crippen molar-refractivity contribution in [1.82, 2.24) is 0 Å². The monoisotopic (exact) mass is 176 g/mol. The lowest BCUT2D eigenvalue weighted by molar-refractivity contribution is -0.116. The van der Waals surface area contributed by atoms with Crippen molar-refractivity contribution in [2.24, 2.45) is 0 Å². The van der Waals surface area contributed by atoms with Gasteiger partial charge in [0.2, 0.25) is 0 Å². The number of allylic oxidation sites excluding steroid dienone is 5. The van der Waals surface area contributed by atoms with Gasteiger partial charge in [-0.2, -0.15) is 0 Å². The minimum absolute atomic E-state index is 0.331. The molecule has 0 atom stereocenters. The molecule has 0 amide bonds. The normalized spacial score (nSPS) is 18.4. The van der Waals surface area contributed by atoms with Gasteiger partial charge in [-0.1, -0.05) is 30.4 Å². The van der Waals surface area contributed by atoms with E-state index in [4.69, 9.17) is 0 Å². The van der Waals surface area contributed by atoms with Gasteiger partial charge in [-0.3, -0.25) is 4.79 Å². The van der Waals surface area contributed by atoms with E-state index in [0.717, 1.165) is 31.3 Å². The van der Waals surface area contributed by atoms with Gasteiger partial charge in [0, 0.05) is 6.42 Å². The van der Waals surface area contributed by atoms with Crippen LogP contribution >= 0.6 is 0 Å². The molecule has 1 heteroatoms. The molecule has 13 heavy (non-hydrogen) atoms. The summed E-state index contributed by atoms with van der Waals surface area (Å²) in [4.78, 5) is 11.5. The molecule has 0 fully saturated rings. The first-order valence-electron chi connectivity index (χ1n) is 4.75. The first-order chi connectivity index (χ1) is 6.25. The maximum atomic E-state index is 11.5. The van der Waals surface area contributed by atoms with E-state index in [1.54, 1.807) is 6.08 Å². The highest BCUT2D eigenvalue weighted by Gasteiger charge is 2.15. The smallest absolute Gasteiger partial charge is 0.159 e. The van der Waals surface area contributed by atoms with Gasteiger partial charge in [-0.15, -0.1) is 0 Å². The van der Waals surface area contributed by atoms with Crippen molar-refractivity contribution >= 4 is 5.78 Å². The second-order valence-electron chi connectivity index (χ2n) is 3.40. The van der Waals surface area contributed by atoms with Crippen LogP contribution in [-0.2, 0) is 4.79 Å². The van der Waals surface area contributed by atoms with Crippen molar-refractivity contribution in [3.63, 3.8) is 0 Å². The maximum Gasteiger partial charge on any atom is 0.159 e. The number of rotatable bonds is 3. The Morgan fingerprint density at radius 2 is 2.23 bits per heavy atom. The summed E-state index contributed by atoms with van der Waals surface area (Å²) < 4.78 is 0. The second-order valence-corrected chi connectivity index (χ2v) is 3.40. The Hall–Kier alpha value is -1.11. The molecule has 0 aromatic rings. The highest BCUT2D eigenvalue weighted by atomic mass is 16.1. The molecule has 0 heterocycles. The van der Waals surface area contributed by atoms with Crippen LogP contribution in [0.25, 0.3) is 0 Å². The summed E-state index contributed by atoms with van der Waals surface area (Å²) in [6, 6.07) is 0. The summed E-state index contributed by atoms with van der Waals surface area (Å²) in [5.74, 6) is 0.331. The van der Waals surface area contributed by atoms with Crippen molar-refractivity contribution in [1.29, 1.82) is 0 Å². The van der Waals surface area contributed by atoms with Crippen molar-refractivity contribution in [3.05, 3.63) is 36.0 Å². The van der Waals surface area contributed by atoms with E-state index in [0.29, 0.717) is 5.78 Å². The van der Waals surface area contributed by atoms with Crippen LogP contribution < -0.4 is 0 Å². The third-order valence-electron chi connectivity index (χ3n) is 2.40. The standard InChI is InChI=1S/C12H16O/c1-3-4-5-8-11-10(2)7-6-9-12(11)13/h3-5H,1,6-9H2,2H3/b5-4+. The van der Waals surface area contributed by atoms with Gasteiger partial charge >= 0.3 is 0 Å².